The van der Waals surface area contributed by atoms with E-state index in [1.54, 1.807) is 21.9 Å². The maximum absolute atomic E-state index is 14.6. The Kier molecular flexibility index (Phi) is 6.39. The first-order chi connectivity index (χ1) is 15.4. The molecule has 1 N–H and O–H groups in total. The fourth-order valence-corrected chi connectivity index (χ4v) is 5.00. The van der Waals surface area contributed by atoms with Crippen molar-refractivity contribution in [2.24, 2.45) is 0 Å². The number of hydrogen-bond donors (Lipinski definition) is 1. The monoisotopic (exact) mass is 440 g/mol. The number of carbonyl (C=O) groups excluding carboxylic acids is 2. The number of H-pyrrole nitrogens is 1. The third-order valence-electron chi connectivity index (χ3n) is 6.65. The number of likely N-dealkylation sites (N-methyl/N-ethyl adjacent to an activating group) is 1. The van der Waals surface area contributed by atoms with Crippen LogP contribution in [-0.2, 0) is 24.1 Å². The van der Waals surface area contributed by atoms with Crippen LogP contribution < -0.4 is 5.56 Å². The number of likely N-dealkylation sites (tertiary alicyclic amines) is 1. The zero-order valence-corrected chi connectivity index (χ0v) is 18.6. The molecule has 0 saturated carbocycles. The van der Waals surface area contributed by atoms with Gasteiger partial charge in [-0.1, -0.05) is 6.07 Å². The Balaban J connectivity index is 1.55. The van der Waals surface area contributed by atoms with Crippen molar-refractivity contribution in [2.45, 2.75) is 58.4 Å². The molecule has 32 heavy (non-hydrogen) atoms. The molecule has 170 valence electrons. The molecule has 2 aromatic rings. The van der Waals surface area contributed by atoms with E-state index in [0.29, 0.717) is 32.5 Å². The maximum atomic E-state index is 14.6. The van der Waals surface area contributed by atoms with Crippen LogP contribution in [0.25, 0.3) is 0 Å². The lowest BCUT2D eigenvalue weighted by molar-refractivity contribution is -0.130. The molecule has 8 heteroatoms. The van der Waals surface area contributed by atoms with Gasteiger partial charge in [0.1, 0.15) is 5.82 Å². The smallest absolute Gasteiger partial charge is 0.267 e. The van der Waals surface area contributed by atoms with Gasteiger partial charge in [0, 0.05) is 38.5 Å². The second-order valence-electron chi connectivity index (χ2n) is 8.65. The summed E-state index contributed by atoms with van der Waals surface area (Å²) in [5, 5.41) is 6.84. The lowest BCUT2D eigenvalue weighted by atomic mass is 9.90. The van der Waals surface area contributed by atoms with Crippen LogP contribution in [0.15, 0.2) is 23.0 Å². The third-order valence-corrected chi connectivity index (χ3v) is 6.65. The number of nitrogens with one attached hydrogen (secondary N) is 1. The number of carbonyl (C=O) groups is 2. The Labute approximate surface area is 186 Å². The molecular formula is C24H29FN4O3. The molecule has 1 atom stereocenters. The van der Waals surface area contributed by atoms with E-state index in [9.17, 15) is 18.8 Å². The lowest BCUT2D eigenvalue weighted by Crippen LogP contribution is -2.41. The fraction of sp³-hybridized carbons (Fsp3) is 0.500. The molecule has 1 aliphatic carbocycles. The Morgan fingerprint density at radius 2 is 2.00 bits per heavy atom. The first-order valence-electron chi connectivity index (χ1n) is 11.3. The van der Waals surface area contributed by atoms with Gasteiger partial charge in [0.05, 0.1) is 17.3 Å². The maximum Gasteiger partial charge on any atom is 0.267 e. The van der Waals surface area contributed by atoms with Gasteiger partial charge in [-0.25, -0.2) is 9.49 Å². The molecule has 2 aliphatic rings. The highest BCUT2D eigenvalue weighted by atomic mass is 19.1. The summed E-state index contributed by atoms with van der Waals surface area (Å²) in [6.45, 7) is 4.93. The van der Waals surface area contributed by atoms with Crippen molar-refractivity contribution < 1.29 is 14.0 Å². The Morgan fingerprint density at radius 3 is 2.72 bits per heavy atom. The van der Waals surface area contributed by atoms with Gasteiger partial charge in [-0.05, 0) is 62.3 Å². The molecule has 1 aromatic carbocycles. The van der Waals surface area contributed by atoms with Crippen LogP contribution in [0.5, 0.6) is 0 Å². The number of fused-ring (bicyclic) bond motifs is 1. The van der Waals surface area contributed by atoms with Crippen LogP contribution in [0.4, 0.5) is 4.39 Å². The van der Waals surface area contributed by atoms with E-state index >= 15 is 0 Å². The molecule has 2 heterocycles. The second kappa shape index (κ2) is 9.22. The lowest BCUT2D eigenvalue weighted by Gasteiger charge is -2.26. The van der Waals surface area contributed by atoms with Crippen LogP contribution in [0.3, 0.4) is 0 Å². The standard InChI is InChI=1S/C24H29FN4O3/c1-3-29(15(2)30)17-10-11-28(14-17)24(32)20-12-16(8-9-21(20)25)13-22-18-6-4-5-7-19(18)23(31)27-26-22/h8-9,12,17H,3-7,10-11,13-14H2,1-2H3,(H,27,31). The molecule has 1 aromatic heterocycles. The van der Waals surface area contributed by atoms with Crippen LogP contribution in [0, 0.1) is 5.82 Å². The first-order valence-corrected chi connectivity index (χ1v) is 11.3. The highest BCUT2D eigenvalue weighted by molar-refractivity contribution is 5.95. The number of halogens is 1. The summed E-state index contributed by atoms with van der Waals surface area (Å²) in [5.41, 5.74) is 3.25. The SMILES string of the molecule is CCN(C(C)=O)C1CCN(C(=O)c2cc(Cc3n[nH]c(=O)c4c3CCCC4)ccc2F)C1. The summed E-state index contributed by atoms with van der Waals surface area (Å²) in [7, 11) is 0. The average molecular weight is 441 g/mol. The molecule has 0 radical (unpaired) electrons. The van der Waals surface area contributed by atoms with Crippen molar-refractivity contribution in [2.75, 3.05) is 19.6 Å². The first kappa shape index (κ1) is 22.2. The normalized spacial score (nSPS) is 17.8. The van der Waals surface area contributed by atoms with Gasteiger partial charge in [0.2, 0.25) is 5.91 Å². The highest BCUT2D eigenvalue weighted by Gasteiger charge is 2.32. The zero-order chi connectivity index (χ0) is 22.8. The van der Waals surface area contributed by atoms with Crippen molar-refractivity contribution >= 4 is 11.8 Å². The predicted octanol–water partition coefficient (Wildman–Crippen LogP) is 2.46. The molecule has 1 fully saturated rings. The number of aromatic amines is 1. The van der Waals surface area contributed by atoms with Gasteiger partial charge in [-0.3, -0.25) is 14.4 Å². The van der Waals surface area contributed by atoms with Gasteiger partial charge in [-0.15, -0.1) is 0 Å². The van der Waals surface area contributed by atoms with Gasteiger partial charge >= 0.3 is 0 Å². The molecule has 0 spiro atoms. The second-order valence-corrected chi connectivity index (χ2v) is 8.65. The van der Waals surface area contributed by atoms with E-state index in [0.717, 1.165) is 48.1 Å². The van der Waals surface area contributed by atoms with E-state index in [4.69, 9.17) is 0 Å². The van der Waals surface area contributed by atoms with E-state index in [-0.39, 0.29) is 29.0 Å². The van der Waals surface area contributed by atoms with E-state index in [2.05, 4.69) is 10.2 Å². The van der Waals surface area contributed by atoms with Crippen LogP contribution in [0.1, 0.15) is 65.9 Å². The van der Waals surface area contributed by atoms with Crippen LogP contribution in [-0.4, -0.2) is 57.5 Å². The number of rotatable bonds is 5. The minimum Gasteiger partial charge on any atom is -0.338 e. The Bertz CT molecular complexity index is 1100. The van der Waals surface area contributed by atoms with E-state index < -0.39 is 5.82 Å². The molecule has 4 rings (SSSR count). The largest absolute Gasteiger partial charge is 0.338 e. The topological polar surface area (TPSA) is 86.4 Å². The summed E-state index contributed by atoms with van der Waals surface area (Å²) < 4.78 is 14.6. The van der Waals surface area contributed by atoms with Gasteiger partial charge in [0.25, 0.3) is 11.5 Å². The van der Waals surface area contributed by atoms with Crippen LogP contribution in [0.2, 0.25) is 0 Å². The van der Waals surface area contributed by atoms with Crippen molar-refractivity contribution in [3.63, 3.8) is 0 Å². The zero-order valence-electron chi connectivity index (χ0n) is 18.6. The average Bonchev–Trinajstić information content (AvgIpc) is 3.26. The van der Waals surface area contributed by atoms with Gasteiger partial charge < -0.3 is 9.80 Å². The Hall–Kier alpha value is -3.03. The third kappa shape index (κ3) is 4.31. The molecule has 1 aliphatic heterocycles. The number of hydrogen-bond acceptors (Lipinski definition) is 4. The quantitative estimate of drug-likeness (QED) is 0.774. The van der Waals surface area contributed by atoms with Crippen molar-refractivity contribution in [3.05, 3.63) is 62.3 Å². The minimum absolute atomic E-state index is 0.0169. The number of nitrogens with zero attached hydrogens (tertiary/aromatic N) is 3. The van der Waals surface area contributed by atoms with E-state index in [1.807, 2.05) is 6.92 Å². The molecule has 1 saturated heterocycles. The van der Waals surface area contributed by atoms with Gasteiger partial charge in [-0.2, -0.15) is 5.10 Å². The molecule has 1 unspecified atom stereocenters. The molecular weight excluding hydrogens is 411 g/mol. The van der Waals surface area contributed by atoms with Gasteiger partial charge in [0.15, 0.2) is 0 Å². The molecule has 0 bridgehead atoms. The molecule has 2 amide bonds. The summed E-state index contributed by atoms with van der Waals surface area (Å²) in [6, 6.07) is 4.54. The fourth-order valence-electron chi connectivity index (χ4n) is 5.00. The van der Waals surface area contributed by atoms with Crippen LogP contribution >= 0.6 is 0 Å². The molecule has 7 nitrogen and oxygen atoms in total. The number of benzene rings is 1. The summed E-state index contributed by atoms with van der Waals surface area (Å²) in [4.78, 5) is 40.4. The predicted molar refractivity (Wildman–Crippen MR) is 118 cm³/mol. The summed E-state index contributed by atoms with van der Waals surface area (Å²) in [5.74, 6) is -0.933. The van der Waals surface area contributed by atoms with Crippen molar-refractivity contribution in [1.82, 2.24) is 20.0 Å². The van der Waals surface area contributed by atoms with Crippen molar-refractivity contribution in [3.8, 4) is 0 Å². The Morgan fingerprint density at radius 1 is 1.25 bits per heavy atom. The minimum atomic E-state index is -0.558. The number of amides is 2. The summed E-state index contributed by atoms with van der Waals surface area (Å²) >= 11 is 0. The number of aromatic nitrogens is 2. The van der Waals surface area contributed by atoms with Crippen molar-refractivity contribution in [1.29, 1.82) is 0 Å². The van der Waals surface area contributed by atoms with E-state index in [1.165, 1.54) is 13.0 Å². The summed E-state index contributed by atoms with van der Waals surface area (Å²) in [6.07, 6.45) is 4.69. The highest BCUT2D eigenvalue weighted by Crippen LogP contribution is 2.24.